The molecular formula is C8H10N2O5. The van der Waals surface area contributed by atoms with E-state index in [1.807, 2.05) is 0 Å². The molecule has 0 atom stereocenters. The van der Waals surface area contributed by atoms with Crippen LogP contribution >= 0.6 is 0 Å². The van der Waals surface area contributed by atoms with Crippen LogP contribution < -0.4 is 11.2 Å². The molecule has 15 heavy (non-hydrogen) atoms. The first-order valence-electron chi connectivity index (χ1n) is 4.03. The lowest BCUT2D eigenvalue weighted by Crippen LogP contribution is -2.24. The van der Waals surface area contributed by atoms with Gasteiger partial charge in [-0.2, -0.15) is 5.48 Å². The van der Waals surface area contributed by atoms with Gasteiger partial charge in [-0.05, 0) is 6.07 Å². The van der Waals surface area contributed by atoms with E-state index >= 15 is 0 Å². The lowest BCUT2D eigenvalue weighted by molar-refractivity contribution is -0.125. The van der Waals surface area contributed by atoms with E-state index in [0.717, 1.165) is 6.26 Å². The van der Waals surface area contributed by atoms with Crippen molar-refractivity contribution >= 4 is 11.9 Å². The monoisotopic (exact) mass is 214 g/mol. The number of furan rings is 1. The summed E-state index contributed by atoms with van der Waals surface area (Å²) in [5.41, 5.74) is 7.27. The van der Waals surface area contributed by atoms with Gasteiger partial charge >= 0.3 is 5.97 Å². The zero-order chi connectivity index (χ0) is 11.3. The van der Waals surface area contributed by atoms with Crippen molar-refractivity contribution in [1.82, 2.24) is 5.48 Å². The van der Waals surface area contributed by atoms with Gasteiger partial charge in [-0.25, -0.2) is 4.79 Å². The smallest absolute Gasteiger partial charge is 0.338 e. The number of nitrogens with one attached hydrogen (secondary N) is 1. The van der Waals surface area contributed by atoms with Crippen molar-refractivity contribution in [3.63, 3.8) is 0 Å². The second kappa shape index (κ2) is 5.13. The normalized spacial score (nSPS) is 10.1. The highest BCUT2D eigenvalue weighted by Crippen LogP contribution is 2.07. The number of hydrogen-bond donors (Lipinski definition) is 3. The fraction of sp³-hybridized carbons (Fsp3) is 0.250. The van der Waals surface area contributed by atoms with Gasteiger partial charge in [0.05, 0.1) is 12.1 Å². The molecule has 4 N–H and O–H groups in total. The van der Waals surface area contributed by atoms with Crippen LogP contribution in [0.2, 0.25) is 0 Å². The predicted octanol–water partition coefficient (Wildman–Crippen LogP) is -0.516. The van der Waals surface area contributed by atoms with Crippen molar-refractivity contribution in [1.29, 1.82) is 0 Å². The number of aromatic carboxylic acids is 1. The first-order chi connectivity index (χ1) is 7.09. The molecule has 1 rings (SSSR count). The average Bonchev–Trinajstić information content (AvgIpc) is 2.60. The van der Waals surface area contributed by atoms with Crippen molar-refractivity contribution in [2.75, 3.05) is 6.61 Å². The van der Waals surface area contributed by atoms with Crippen molar-refractivity contribution in [3.8, 4) is 0 Å². The van der Waals surface area contributed by atoms with Gasteiger partial charge in [0.25, 0.3) is 0 Å². The molecule has 0 saturated heterocycles. The number of primary amides is 1. The summed E-state index contributed by atoms with van der Waals surface area (Å²) < 4.78 is 4.89. The summed E-state index contributed by atoms with van der Waals surface area (Å²) in [6, 6.07) is 1.35. The predicted molar refractivity (Wildman–Crippen MR) is 47.7 cm³/mol. The third kappa shape index (κ3) is 3.79. The van der Waals surface area contributed by atoms with Gasteiger partial charge in [-0.15, -0.1) is 0 Å². The molecule has 1 aromatic heterocycles. The summed E-state index contributed by atoms with van der Waals surface area (Å²) in [4.78, 5) is 25.4. The third-order valence-corrected chi connectivity index (χ3v) is 1.46. The van der Waals surface area contributed by atoms with Gasteiger partial charge < -0.3 is 15.3 Å². The molecule has 0 aromatic carbocycles. The molecule has 0 saturated carbocycles. The molecule has 0 aliphatic carbocycles. The fourth-order valence-electron chi connectivity index (χ4n) is 0.830. The summed E-state index contributed by atoms with van der Waals surface area (Å²) in [6.07, 6.45) is 1.12. The van der Waals surface area contributed by atoms with E-state index in [1.165, 1.54) is 6.07 Å². The van der Waals surface area contributed by atoms with Crippen molar-refractivity contribution in [2.45, 2.75) is 6.54 Å². The third-order valence-electron chi connectivity index (χ3n) is 1.46. The van der Waals surface area contributed by atoms with Crippen LogP contribution in [-0.4, -0.2) is 23.6 Å². The minimum Gasteiger partial charge on any atom is -0.478 e. The molecule has 1 aromatic rings. The van der Waals surface area contributed by atoms with Crippen molar-refractivity contribution < 1.29 is 24.0 Å². The first-order valence-corrected chi connectivity index (χ1v) is 4.03. The van der Waals surface area contributed by atoms with Crippen LogP contribution in [0.4, 0.5) is 0 Å². The van der Waals surface area contributed by atoms with E-state index in [9.17, 15) is 9.59 Å². The van der Waals surface area contributed by atoms with E-state index in [2.05, 4.69) is 10.3 Å². The fourth-order valence-corrected chi connectivity index (χ4v) is 0.830. The number of carboxylic acids is 1. The van der Waals surface area contributed by atoms with Gasteiger partial charge in [0.2, 0.25) is 5.91 Å². The van der Waals surface area contributed by atoms with Crippen molar-refractivity contribution in [2.24, 2.45) is 5.73 Å². The number of carbonyl (C=O) groups is 2. The van der Waals surface area contributed by atoms with Crippen LogP contribution in [0.5, 0.6) is 0 Å². The maximum atomic E-state index is 10.5. The Morgan fingerprint density at radius 1 is 1.60 bits per heavy atom. The highest BCUT2D eigenvalue weighted by Gasteiger charge is 2.07. The molecule has 1 heterocycles. The van der Waals surface area contributed by atoms with Gasteiger partial charge in [0, 0.05) is 0 Å². The maximum Gasteiger partial charge on any atom is 0.338 e. The lowest BCUT2D eigenvalue weighted by atomic mass is 10.3. The van der Waals surface area contributed by atoms with Crippen LogP contribution in [0.3, 0.4) is 0 Å². The second-order valence-electron chi connectivity index (χ2n) is 2.68. The van der Waals surface area contributed by atoms with Gasteiger partial charge in [-0.3, -0.25) is 9.63 Å². The van der Waals surface area contributed by atoms with Crippen LogP contribution in [0.25, 0.3) is 0 Å². The highest BCUT2D eigenvalue weighted by atomic mass is 16.6. The Morgan fingerprint density at radius 3 is 2.87 bits per heavy atom. The molecule has 0 aliphatic rings. The zero-order valence-corrected chi connectivity index (χ0v) is 7.73. The SMILES string of the molecule is NC(=O)CONCc1cc(C(=O)O)co1. The largest absolute Gasteiger partial charge is 0.478 e. The summed E-state index contributed by atoms with van der Waals surface area (Å²) in [5.74, 6) is -1.28. The quantitative estimate of drug-likeness (QED) is 0.433. The molecule has 0 fully saturated rings. The Balaban J connectivity index is 2.31. The molecule has 82 valence electrons. The van der Waals surface area contributed by atoms with Crippen LogP contribution in [0.1, 0.15) is 16.1 Å². The minimum atomic E-state index is -1.07. The Bertz CT molecular complexity index is 360. The molecule has 7 nitrogen and oxygen atoms in total. The summed E-state index contributed by atoms with van der Waals surface area (Å²) in [5, 5.41) is 8.57. The van der Waals surface area contributed by atoms with E-state index < -0.39 is 11.9 Å². The molecular weight excluding hydrogens is 204 g/mol. The second-order valence-corrected chi connectivity index (χ2v) is 2.68. The standard InChI is InChI=1S/C8H10N2O5/c9-7(11)4-15-10-2-6-1-5(3-14-6)8(12)13/h1,3,10H,2,4H2,(H2,9,11)(H,12,13). The summed E-state index contributed by atoms with van der Waals surface area (Å²) in [6.45, 7) is -0.104. The Morgan fingerprint density at radius 2 is 2.33 bits per heavy atom. The minimum absolute atomic E-state index is 0.0571. The number of hydrogen-bond acceptors (Lipinski definition) is 5. The number of amides is 1. The van der Waals surface area contributed by atoms with E-state index in [4.69, 9.17) is 15.3 Å². The topological polar surface area (TPSA) is 115 Å². The molecule has 0 bridgehead atoms. The van der Waals surface area contributed by atoms with Crippen LogP contribution in [0, 0.1) is 0 Å². The summed E-state index contributed by atoms with van der Waals surface area (Å²) in [7, 11) is 0. The zero-order valence-electron chi connectivity index (χ0n) is 7.73. The van der Waals surface area contributed by atoms with Crippen LogP contribution in [0.15, 0.2) is 16.7 Å². The Labute approximate surface area is 84.8 Å². The van der Waals surface area contributed by atoms with Gasteiger partial charge in [0.1, 0.15) is 18.6 Å². The Hall–Kier alpha value is -1.86. The molecule has 1 amide bonds. The number of carbonyl (C=O) groups excluding carboxylic acids is 1. The molecule has 0 unspecified atom stereocenters. The molecule has 0 radical (unpaired) electrons. The highest BCUT2D eigenvalue weighted by molar-refractivity contribution is 5.87. The van der Waals surface area contributed by atoms with Gasteiger partial charge in [0.15, 0.2) is 0 Å². The maximum absolute atomic E-state index is 10.5. The number of nitrogens with two attached hydrogens (primary N) is 1. The first kappa shape index (κ1) is 11.2. The van der Waals surface area contributed by atoms with E-state index in [-0.39, 0.29) is 18.7 Å². The number of rotatable bonds is 6. The van der Waals surface area contributed by atoms with E-state index in [1.54, 1.807) is 0 Å². The van der Waals surface area contributed by atoms with Crippen LogP contribution in [-0.2, 0) is 16.2 Å². The van der Waals surface area contributed by atoms with Crippen molar-refractivity contribution in [3.05, 3.63) is 23.7 Å². The average molecular weight is 214 g/mol. The molecule has 0 spiro atoms. The number of carboxylic acid groups (broad SMARTS) is 1. The Kier molecular flexibility index (Phi) is 3.83. The number of hydroxylamine groups is 1. The molecule has 7 heteroatoms. The lowest BCUT2D eigenvalue weighted by Gasteiger charge is -2.00. The summed E-state index contributed by atoms with van der Waals surface area (Å²) >= 11 is 0. The van der Waals surface area contributed by atoms with Gasteiger partial charge in [-0.1, -0.05) is 0 Å². The van der Waals surface area contributed by atoms with E-state index in [0.29, 0.717) is 5.76 Å². The molecule has 0 aliphatic heterocycles.